The van der Waals surface area contributed by atoms with Crippen LogP contribution >= 0.6 is 23.2 Å². The van der Waals surface area contributed by atoms with Gasteiger partial charge in [0.15, 0.2) is 15.6 Å². The number of rotatable bonds is 4. The molecular weight excluding hydrogens is 337 g/mol. The highest BCUT2D eigenvalue weighted by Gasteiger charge is 2.29. The van der Waals surface area contributed by atoms with Crippen molar-refractivity contribution in [3.05, 3.63) is 27.7 Å². The van der Waals surface area contributed by atoms with Gasteiger partial charge in [-0.05, 0) is 25.5 Å². The molecular formula is C13H15Cl2NO4S. The third-order valence-electron chi connectivity index (χ3n) is 3.12. The van der Waals surface area contributed by atoms with E-state index in [2.05, 4.69) is 5.32 Å². The van der Waals surface area contributed by atoms with Gasteiger partial charge in [-0.25, -0.2) is 8.42 Å². The molecule has 0 saturated carbocycles. The average Bonchev–Trinajstić information content (AvgIpc) is 2.72. The summed E-state index contributed by atoms with van der Waals surface area (Å²) >= 11 is 12.1. The van der Waals surface area contributed by atoms with Crippen LogP contribution in [0.5, 0.6) is 5.75 Å². The molecule has 0 spiro atoms. The normalized spacial score (nSPS) is 20.2. The number of hydrogen-bond donors (Lipinski definition) is 1. The Kier molecular flexibility index (Phi) is 5.01. The summed E-state index contributed by atoms with van der Waals surface area (Å²) in [6.07, 6.45) is 0.423. The topological polar surface area (TPSA) is 72.5 Å². The second-order valence-corrected chi connectivity index (χ2v) is 7.82. The first-order chi connectivity index (χ1) is 9.82. The van der Waals surface area contributed by atoms with Crippen molar-refractivity contribution in [2.75, 3.05) is 18.1 Å². The third-order valence-corrected chi connectivity index (χ3v) is 5.45. The van der Waals surface area contributed by atoms with Crippen LogP contribution in [0.25, 0.3) is 0 Å². The molecule has 0 unspecified atom stereocenters. The Bertz CT molecular complexity index is 637. The SMILES string of the molecule is CCOc1c(Cl)cc(C(=O)N[C@H]2CCS(=O)(=O)C2)cc1Cl. The molecule has 1 aromatic carbocycles. The van der Waals surface area contributed by atoms with Gasteiger partial charge in [0.25, 0.3) is 5.91 Å². The molecule has 1 amide bonds. The molecule has 1 saturated heterocycles. The Morgan fingerprint density at radius 3 is 2.48 bits per heavy atom. The summed E-state index contributed by atoms with van der Waals surface area (Å²) < 4.78 is 28.0. The highest BCUT2D eigenvalue weighted by molar-refractivity contribution is 7.91. The zero-order valence-electron chi connectivity index (χ0n) is 11.4. The summed E-state index contributed by atoms with van der Waals surface area (Å²) in [4.78, 5) is 12.1. The van der Waals surface area contributed by atoms with Gasteiger partial charge in [0.05, 0.1) is 28.2 Å². The minimum atomic E-state index is -3.04. The number of hydrogen-bond acceptors (Lipinski definition) is 4. The van der Waals surface area contributed by atoms with Gasteiger partial charge >= 0.3 is 0 Å². The molecule has 1 atom stereocenters. The molecule has 5 nitrogen and oxygen atoms in total. The molecule has 2 rings (SSSR count). The predicted octanol–water partition coefficient (Wildman–Crippen LogP) is 2.31. The van der Waals surface area contributed by atoms with Crippen LogP contribution in [0.1, 0.15) is 23.7 Å². The molecule has 0 radical (unpaired) electrons. The minimum absolute atomic E-state index is 0.0305. The van der Waals surface area contributed by atoms with Gasteiger partial charge in [-0.2, -0.15) is 0 Å². The van der Waals surface area contributed by atoms with Crippen LogP contribution in [0.4, 0.5) is 0 Å². The Morgan fingerprint density at radius 1 is 1.38 bits per heavy atom. The lowest BCUT2D eigenvalue weighted by Gasteiger charge is -2.13. The lowest BCUT2D eigenvalue weighted by atomic mass is 10.1. The molecule has 1 aliphatic rings. The standard InChI is InChI=1S/C13H15Cl2NO4S/c1-2-20-12-10(14)5-8(6-11(12)15)13(17)16-9-3-4-21(18,19)7-9/h5-6,9H,2-4,7H2,1H3,(H,16,17)/t9-/m0/s1. The van der Waals surface area contributed by atoms with Gasteiger partial charge in [0.2, 0.25) is 0 Å². The molecule has 1 aromatic rings. The monoisotopic (exact) mass is 351 g/mol. The number of carbonyl (C=O) groups excluding carboxylic acids is 1. The van der Waals surface area contributed by atoms with Gasteiger partial charge in [0.1, 0.15) is 0 Å². The zero-order chi connectivity index (χ0) is 15.6. The molecule has 0 aromatic heterocycles. The number of nitrogens with one attached hydrogen (secondary N) is 1. The van der Waals surface area contributed by atoms with E-state index in [-0.39, 0.29) is 33.2 Å². The van der Waals surface area contributed by atoms with E-state index in [1.807, 2.05) is 0 Å². The second kappa shape index (κ2) is 6.42. The van der Waals surface area contributed by atoms with E-state index in [1.54, 1.807) is 6.92 Å². The number of sulfone groups is 1. The summed E-state index contributed by atoms with van der Waals surface area (Å²) in [7, 11) is -3.04. The van der Waals surface area contributed by atoms with E-state index in [0.717, 1.165) is 0 Å². The first kappa shape index (κ1) is 16.4. The lowest BCUT2D eigenvalue weighted by molar-refractivity contribution is 0.0941. The average molecular weight is 352 g/mol. The Balaban J connectivity index is 2.13. The van der Waals surface area contributed by atoms with E-state index in [9.17, 15) is 13.2 Å². The van der Waals surface area contributed by atoms with Gasteiger partial charge in [-0.1, -0.05) is 23.2 Å². The summed E-state index contributed by atoms with van der Waals surface area (Å²) in [5, 5.41) is 3.17. The van der Waals surface area contributed by atoms with Gasteiger partial charge in [0, 0.05) is 11.6 Å². The Labute approximate surface area is 133 Å². The van der Waals surface area contributed by atoms with Crippen molar-refractivity contribution in [2.45, 2.75) is 19.4 Å². The van der Waals surface area contributed by atoms with Crippen molar-refractivity contribution in [1.29, 1.82) is 0 Å². The molecule has 21 heavy (non-hydrogen) atoms. The van der Waals surface area contributed by atoms with Gasteiger partial charge in [-0.15, -0.1) is 0 Å². The van der Waals surface area contributed by atoms with Crippen molar-refractivity contribution in [1.82, 2.24) is 5.32 Å². The van der Waals surface area contributed by atoms with Crippen molar-refractivity contribution in [3.8, 4) is 5.75 Å². The number of ether oxygens (including phenoxy) is 1. The van der Waals surface area contributed by atoms with Crippen LogP contribution in [0.2, 0.25) is 10.0 Å². The van der Waals surface area contributed by atoms with Crippen LogP contribution in [-0.2, 0) is 9.84 Å². The van der Waals surface area contributed by atoms with Crippen LogP contribution < -0.4 is 10.1 Å². The molecule has 1 N–H and O–H groups in total. The molecule has 8 heteroatoms. The van der Waals surface area contributed by atoms with Crippen LogP contribution in [-0.4, -0.2) is 38.5 Å². The molecule has 116 valence electrons. The van der Waals surface area contributed by atoms with Crippen LogP contribution in [0, 0.1) is 0 Å². The fraction of sp³-hybridized carbons (Fsp3) is 0.462. The molecule has 0 aliphatic carbocycles. The minimum Gasteiger partial charge on any atom is -0.491 e. The second-order valence-electron chi connectivity index (χ2n) is 4.78. The van der Waals surface area contributed by atoms with E-state index in [1.165, 1.54) is 12.1 Å². The van der Waals surface area contributed by atoms with Gasteiger partial charge < -0.3 is 10.1 Å². The van der Waals surface area contributed by atoms with Crippen molar-refractivity contribution in [2.24, 2.45) is 0 Å². The van der Waals surface area contributed by atoms with Crippen molar-refractivity contribution >= 4 is 38.9 Å². The molecule has 1 fully saturated rings. The fourth-order valence-electron chi connectivity index (χ4n) is 2.15. The summed E-state index contributed by atoms with van der Waals surface area (Å²) in [6, 6.07) is 2.54. The Morgan fingerprint density at radius 2 is 2.00 bits per heavy atom. The fourth-order valence-corrected chi connectivity index (χ4v) is 4.42. The quantitative estimate of drug-likeness (QED) is 0.903. The first-order valence-electron chi connectivity index (χ1n) is 6.45. The van der Waals surface area contributed by atoms with E-state index < -0.39 is 15.7 Å². The number of carbonyl (C=O) groups is 1. The highest BCUT2D eigenvalue weighted by Crippen LogP contribution is 2.34. The van der Waals surface area contributed by atoms with E-state index in [4.69, 9.17) is 27.9 Å². The van der Waals surface area contributed by atoms with Gasteiger partial charge in [-0.3, -0.25) is 4.79 Å². The highest BCUT2D eigenvalue weighted by atomic mass is 35.5. The summed E-state index contributed by atoms with van der Waals surface area (Å²) in [5.74, 6) is 0.00439. The predicted molar refractivity (Wildman–Crippen MR) is 82.2 cm³/mol. The maximum absolute atomic E-state index is 12.1. The smallest absolute Gasteiger partial charge is 0.251 e. The first-order valence-corrected chi connectivity index (χ1v) is 9.03. The van der Waals surface area contributed by atoms with Crippen LogP contribution in [0.15, 0.2) is 12.1 Å². The van der Waals surface area contributed by atoms with Crippen molar-refractivity contribution in [3.63, 3.8) is 0 Å². The zero-order valence-corrected chi connectivity index (χ0v) is 13.7. The number of halogens is 2. The summed E-state index contributed by atoms with van der Waals surface area (Å²) in [6.45, 7) is 2.21. The van der Waals surface area contributed by atoms with E-state index in [0.29, 0.717) is 18.8 Å². The lowest BCUT2D eigenvalue weighted by Crippen LogP contribution is -2.35. The largest absolute Gasteiger partial charge is 0.491 e. The van der Waals surface area contributed by atoms with E-state index >= 15 is 0 Å². The molecule has 0 bridgehead atoms. The van der Waals surface area contributed by atoms with Crippen molar-refractivity contribution < 1.29 is 17.9 Å². The maximum Gasteiger partial charge on any atom is 0.251 e. The molecule has 1 heterocycles. The third kappa shape index (κ3) is 4.02. The summed E-state index contributed by atoms with van der Waals surface area (Å²) in [5.41, 5.74) is 0.276. The van der Waals surface area contributed by atoms with Crippen LogP contribution in [0.3, 0.4) is 0 Å². The maximum atomic E-state index is 12.1. The number of amides is 1. The Hall–Kier alpha value is -0.980. The molecule has 1 aliphatic heterocycles. The number of benzene rings is 1.